The van der Waals surface area contributed by atoms with Gasteiger partial charge in [-0.3, -0.25) is 9.59 Å². The lowest BCUT2D eigenvalue weighted by atomic mass is 9.99. The van der Waals surface area contributed by atoms with Crippen molar-refractivity contribution in [3.63, 3.8) is 0 Å². The maximum atomic E-state index is 12.9. The highest BCUT2D eigenvalue weighted by molar-refractivity contribution is 5.98. The van der Waals surface area contributed by atoms with Gasteiger partial charge in [-0.15, -0.1) is 6.58 Å². The van der Waals surface area contributed by atoms with Gasteiger partial charge in [0.05, 0.1) is 18.8 Å². The fourth-order valence-corrected chi connectivity index (χ4v) is 5.07. The lowest BCUT2D eigenvalue weighted by Crippen LogP contribution is -2.48. The van der Waals surface area contributed by atoms with Crippen LogP contribution < -0.4 is 5.32 Å². The highest BCUT2D eigenvalue weighted by Gasteiger charge is 2.47. The van der Waals surface area contributed by atoms with Crippen molar-refractivity contribution in [2.24, 2.45) is 0 Å². The van der Waals surface area contributed by atoms with Gasteiger partial charge in [-0.2, -0.15) is 13.2 Å². The van der Waals surface area contributed by atoms with Crippen molar-refractivity contribution in [3.05, 3.63) is 77.9 Å². The zero-order valence-electron chi connectivity index (χ0n) is 22.3. The summed E-state index contributed by atoms with van der Waals surface area (Å²) in [6, 6.07) is 13.1. The molecular formula is C29H34F3N3O5. The molecule has 2 fully saturated rings. The van der Waals surface area contributed by atoms with E-state index in [9.17, 15) is 27.9 Å². The van der Waals surface area contributed by atoms with E-state index >= 15 is 0 Å². The molecular weight excluding hydrogens is 527 g/mol. The number of amides is 2. The first-order valence-corrected chi connectivity index (χ1v) is 13.2. The number of benzene rings is 2. The standard InChI is InChI=1S/C29H34F3N3O5/c1-3-14-34(2)17-23-16-25(20-8-6-19(18-36)7-9-20)40-27(39-23)21-10-12-22(13-11-21)33-26(37)24-5-4-15-35(24)28(38)29(30,31)32/h3,6-13,23-25,27,36H,1,4-5,14-18H2,2H3,(H,33,37)/t23-,24-,25+,27+/m0/s1. The number of halogens is 3. The first-order chi connectivity index (χ1) is 19.1. The van der Waals surface area contributed by atoms with Crippen molar-refractivity contribution in [1.82, 2.24) is 9.80 Å². The van der Waals surface area contributed by atoms with E-state index in [1.165, 1.54) is 0 Å². The first kappa shape index (κ1) is 29.7. The molecule has 2 heterocycles. The third-order valence-corrected chi connectivity index (χ3v) is 7.08. The molecule has 0 saturated carbocycles. The monoisotopic (exact) mass is 561 g/mol. The molecule has 216 valence electrons. The molecule has 0 unspecified atom stereocenters. The Hall–Kier alpha value is -3.25. The molecule has 0 bridgehead atoms. The highest BCUT2D eigenvalue weighted by Crippen LogP contribution is 2.38. The van der Waals surface area contributed by atoms with E-state index in [1.54, 1.807) is 24.3 Å². The molecule has 0 aliphatic carbocycles. The normalized spacial score (nSPS) is 23.3. The van der Waals surface area contributed by atoms with Gasteiger partial charge in [0, 0.05) is 37.3 Å². The van der Waals surface area contributed by atoms with E-state index in [0.717, 1.165) is 11.1 Å². The lowest BCUT2D eigenvalue weighted by molar-refractivity contribution is -0.252. The number of nitrogens with one attached hydrogen (secondary N) is 1. The van der Waals surface area contributed by atoms with E-state index in [4.69, 9.17) is 9.47 Å². The molecule has 11 heteroatoms. The third kappa shape index (κ3) is 7.28. The number of carbonyl (C=O) groups is 2. The van der Waals surface area contributed by atoms with Gasteiger partial charge in [-0.05, 0) is 43.1 Å². The van der Waals surface area contributed by atoms with Crippen LogP contribution in [0.3, 0.4) is 0 Å². The molecule has 4 atom stereocenters. The Morgan fingerprint density at radius 2 is 1.80 bits per heavy atom. The Morgan fingerprint density at radius 1 is 1.12 bits per heavy atom. The minimum atomic E-state index is -5.03. The summed E-state index contributed by atoms with van der Waals surface area (Å²) in [5, 5.41) is 12.0. The number of ether oxygens (including phenoxy) is 2. The van der Waals surface area contributed by atoms with Crippen LogP contribution in [0, 0.1) is 0 Å². The number of carbonyl (C=O) groups excluding carboxylic acids is 2. The molecule has 2 aliphatic heterocycles. The second kappa shape index (κ2) is 12.9. The molecule has 40 heavy (non-hydrogen) atoms. The van der Waals surface area contributed by atoms with Crippen LogP contribution in [0.15, 0.2) is 61.2 Å². The molecule has 0 aromatic heterocycles. The summed E-state index contributed by atoms with van der Waals surface area (Å²) in [4.78, 5) is 27.1. The summed E-state index contributed by atoms with van der Waals surface area (Å²) in [7, 11) is 1.98. The van der Waals surface area contributed by atoms with Crippen LogP contribution in [-0.2, 0) is 25.7 Å². The fourth-order valence-electron chi connectivity index (χ4n) is 5.07. The predicted molar refractivity (Wildman–Crippen MR) is 142 cm³/mol. The Labute approximate surface area is 231 Å². The molecule has 2 amide bonds. The van der Waals surface area contributed by atoms with Gasteiger partial charge in [0.2, 0.25) is 5.91 Å². The van der Waals surface area contributed by atoms with Gasteiger partial charge in [-0.25, -0.2) is 0 Å². The molecule has 2 N–H and O–H groups in total. The Kier molecular flexibility index (Phi) is 9.62. The summed E-state index contributed by atoms with van der Waals surface area (Å²) in [5.41, 5.74) is 2.85. The molecule has 4 rings (SSSR count). The van der Waals surface area contributed by atoms with E-state index in [-0.39, 0.29) is 31.8 Å². The minimum Gasteiger partial charge on any atom is -0.392 e. The smallest absolute Gasteiger partial charge is 0.392 e. The number of nitrogens with zero attached hydrogens (tertiary/aromatic N) is 2. The van der Waals surface area contributed by atoms with Crippen molar-refractivity contribution in [3.8, 4) is 0 Å². The number of anilines is 1. The Morgan fingerprint density at radius 3 is 2.42 bits per heavy atom. The maximum Gasteiger partial charge on any atom is 0.471 e. The van der Waals surface area contributed by atoms with Gasteiger partial charge in [0.25, 0.3) is 0 Å². The second-order valence-corrected chi connectivity index (χ2v) is 10.1. The minimum absolute atomic E-state index is 0.0488. The van der Waals surface area contributed by atoms with Crippen molar-refractivity contribution < 1.29 is 37.3 Å². The summed E-state index contributed by atoms with van der Waals surface area (Å²) >= 11 is 0. The number of alkyl halides is 3. The van der Waals surface area contributed by atoms with Crippen molar-refractivity contribution >= 4 is 17.5 Å². The SMILES string of the molecule is C=CCN(C)C[C@@H]1C[C@H](c2ccc(CO)cc2)O[C@H](c2ccc(NC(=O)[C@@H]3CCCN3C(=O)C(F)(F)F)cc2)O1. The van der Waals surface area contributed by atoms with Crippen LogP contribution in [0.25, 0.3) is 0 Å². The highest BCUT2D eigenvalue weighted by atomic mass is 19.4. The summed E-state index contributed by atoms with van der Waals surface area (Å²) in [5.74, 6) is -2.66. The van der Waals surface area contributed by atoms with E-state index in [1.807, 2.05) is 37.4 Å². The van der Waals surface area contributed by atoms with Crippen LogP contribution in [0.5, 0.6) is 0 Å². The number of aliphatic hydroxyl groups is 1. The van der Waals surface area contributed by atoms with Crippen molar-refractivity contribution in [1.29, 1.82) is 0 Å². The molecule has 0 spiro atoms. The molecule has 2 aliphatic rings. The Balaban J connectivity index is 1.46. The van der Waals surface area contributed by atoms with Gasteiger partial charge >= 0.3 is 12.1 Å². The zero-order valence-corrected chi connectivity index (χ0v) is 22.3. The molecule has 2 aromatic carbocycles. The van der Waals surface area contributed by atoms with E-state index < -0.39 is 30.3 Å². The largest absolute Gasteiger partial charge is 0.471 e. The first-order valence-electron chi connectivity index (χ1n) is 13.2. The number of likely N-dealkylation sites (tertiary alicyclic amines) is 1. The van der Waals surface area contributed by atoms with Gasteiger partial charge < -0.3 is 29.7 Å². The predicted octanol–water partition coefficient (Wildman–Crippen LogP) is 4.33. The quantitative estimate of drug-likeness (QED) is 0.443. The van der Waals surface area contributed by atoms with E-state index in [0.29, 0.717) is 42.1 Å². The number of aliphatic hydroxyl groups excluding tert-OH is 1. The average molecular weight is 562 g/mol. The second-order valence-electron chi connectivity index (χ2n) is 10.1. The topological polar surface area (TPSA) is 91.3 Å². The van der Waals surface area contributed by atoms with Gasteiger partial charge in [0.15, 0.2) is 6.29 Å². The van der Waals surface area contributed by atoms with Crippen LogP contribution >= 0.6 is 0 Å². The maximum absolute atomic E-state index is 12.9. The third-order valence-electron chi connectivity index (χ3n) is 7.08. The van der Waals surface area contributed by atoms with Crippen LogP contribution in [0.4, 0.5) is 18.9 Å². The molecule has 8 nitrogen and oxygen atoms in total. The van der Waals surface area contributed by atoms with Gasteiger partial charge in [-0.1, -0.05) is 42.5 Å². The van der Waals surface area contributed by atoms with Crippen molar-refractivity contribution in [2.45, 2.75) is 56.6 Å². The summed E-state index contributed by atoms with van der Waals surface area (Å²) in [6.07, 6.45) is -3.20. The Bertz CT molecular complexity index is 1170. The number of hydrogen-bond donors (Lipinski definition) is 2. The molecule has 2 saturated heterocycles. The molecule has 2 aromatic rings. The number of likely N-dealkylation sites (N-methyl/N-ethyl adjacent to an activating group) is 1. The number of rotatable bonds is 9. The van der Waals surface area contributed by atoms with Crippen LogP contribution in [0.2, 0.25) is 0 Å². The van der Waals surface area contributed by atoms with E-state index in [2.05, 4.69) is 16.8 Å². The number of hydrogen-bond acceptors (Lipinski definition) is 6. The van der Waals surface area contributed by atoms with Crippen LogP contribution in [-0.4, -0.2) is 71.7 Å². The van der Waals surface area contributed by atoms with Crippen molar-refractivity contribution in [2.75, 3.05) is 32.0 Å². The lowest BCUT2D eigenvalue weighted by Gasteiger charge is -2.37. The average Bonchev–Trinajstić information content (AvgIpc) is 3.42. The summed E-state index contributed by atoms with van der Waals surface area (Å²) < 4.78 is 51.4. The fraction of sp³-hybridized carbons (Fsp3) is 0.448. The molecule has 0 radical (unpaired) electrons. The zero-order chi connectivity index (χ0) is 28.9. The van der Waals surface area contributed by atoms with Gasteiger partial charge in [0.1, 0.15) is 6.04 Å². The van der Waals surface area contributed by atoms with Crippen LogP contribution in [0.1, 0.15) is 48.3 Å². The summed E-state index contributed by atoms with van der Waals surface area (Å²) in [6.45, 7) is 4.97.